The van der Waals surface area contributed by atoms with Crippen molar-refractivity contribution in [1.82, 2.24) is 9.46 Å². The lowest BCUT2D eigenvalue weighted by molar-refractivity contribution is 0.0729. The van der Waals surface area contributed by atoms with Crippen molar-refractivity contribution >= 4 is 33.4 Å². The van der Waals surface area contributed by atoms with Crippen LogP contribution in [0.5, 0.6) is 0 Å². The molecule has 0 spiro atoms. The van der Waals surface area contributed by atoms with Crippen molar-refractivity contribution in [2.24, 2.45) is 0 Å². The molecule has 3 aromatic rings. The molecule has 11 heteroatoms. The van der Waals surface area contributed by atoms with Gasteiger partial charge in [-0.2, -0.15) is 4.31 Å². The second kappa shape index (κ2) is 10.8. The predicted octanol–water partition coefficient (Wildman–Crippen LogP) is 4.78. The summed E-state index contributed by atoms with van der Waals surface area (Å²) >= 11 is 6.19. The first-order valence-electron chi connectivity index (χ1n) is 11.1. The van der Waals surface area contributed by atoms with E-state index < -0.39 is 22.2 Å². The third kappa shape index (κ3) is 6.02. The lowest BCUT2D eigenvalue weighted by Gasteiger charge is -2.26. The van der Waals surface area contributed by atoms with Crippen LogP contribution in [0.4, 0.5) is 10.5 Å². The summed E-state index contributed by atoms with van der Waals surface area (Å²) in [5.74, 6) is 0.229. The Labute approximate surface area is 209 Å². The van der Waals surface area contributed by atoms with E-state index in [0.717, 1.165) is 0 Å². The lowest BCUT2D eigenvalue weighted by Crippen LogP contribution is -2.41. The van der Waals surface area contributed by atoms with Gasteiger partial charge in [0.05, 0.1) is 19.0 Å². The zero-order chi connectivity index (χ0) is 25.0. The number of ether oxygens (including phenoxy) is 2. The van der Waals surface area contributed by atoms with Gasteiger partial charge in [-0.25, -0.2) is 13.2 Å². The maximum atomic E-state index is 12.7. The Morgan fingerprint density at radius 3 is 2.54 bits per heavy atom. The molecule has 2 aromatic carbocycles. The number of carbonyl (C=O) groups is 1. The number of benzene rings is 2. The number of hydrogen-bond donors (Lipinski definition) is 1. The first-order chi connectivity index (χ1) is 16.7. The number of halogens is 1. The second-order valence-electron chi connectivity index (χ2n) is 8.13. The highest BCUT2D eigenvalue weighted by Gasteiger charge is 2.25. The predicted molar refractivity (Wildman–Crippen MR) is 132 cm³/mol. The zero-order valence-electron chi connectivity index (χ0n) is 19.4. The molecule has 1 aromatic heterocycles. The fourth-order valence-electron chi connectivity index (χ4n) is 3.75. The number of anilines is 1. The van der Waals surface area contributed by atoms with Crippen LogP contribution in [0.1, 0.15) is 29.8 Å². The summed E-state index contributed by atoms with van der Waals surface area (Å²) in [4.78, 5) is 12.6. The van der Waals surface area contributed by atoms with E-state index >= 15 is 0 Å². The molecule has 1 amide bonds. The highest BCUT2D eigenvalue weighted by molar-refractivity contribution is 7.88. The van der Waals surface area contributed by atoms with E-state index in [1.165, 1.54) is 4.31 Å². The molecule has 186 valence electrons. The summed E-state index contributed by atoms with van der Waals surface area (Å²) in [7, 11) is -3.44. The maximum Gasteiger partial charge on any atom is 0.412 e. The fraction of sp³-hybridized carbons (Fsp3) is 0.333. The van der Waals surface area contributed by atoms with Gasteiger partial charge in [0.25, 0.3) is 0 Å². The Bertz CT molecular complexity index is 1290. The molecule has 2 heterocycles. The van der Waals surface area contributed by atoms with Gasteiger partial charge >= 0.3 is 6.09 Å². The van der Waals surface area contributed by atoms with E-state index in [0.29, 0.717) is 65.2 Å². The normalized spacial score (nSPS) is 15.5. The van der Waals surface area contributed by atoms with Crippen LogP contribution in [0.3, 0.4) is 0 Å². The first-order valence-corrected chi connectivity index (χ1v) is 13.1. The van der Waals surface area contributed by atoms with Gasteiger partial charge in [-0.05, 0) is 25.5 Å². The number of nitrogens with one attached hydrogen (secondary N) is 1. The zero-order valence-corrected chi connectivity index (χ0v) is 20.9. The molecule has 1 aliphatic rings. The van der Waals surface area contributed by atoms with E-state index in [1.54, 1.807) is 56.3 Å². The molecular weight excluding hydrogens is 494 g/mol. The van der Waals surface area contributed by atoms with Crippen molar-refractivity contribution in [2.75, 3.05) is 31.6 Å². The molecule has 4 rings (SSSR count). The summed E-state index contributed by atoms with van der Waals surface area (Å²) in [6, 6.07) is 14.0. The first kappa shape index (κ1) is 25.2. The van der Waals surface area contributed by atoms with Crippen molar-refractivity contribution in [2.45, 2.75) is 25.7 Å². The molecule has 1 fully saturated rings. The van der Waals surface area contributed by atoms with Gasteiger partial charge in [0, 0.05) is 29.2 Å². The molecule has 9 nitrogen and oxygen atoms in total. The summed E-state index contributed by atoms with van der Waals surface area (Å²) in [6.07, 6.45) is -1.25. The SMILES string of the molecule is Cc1noc(-c2ccc(CS(=O)(=O)N3CCOCC3)cc2)c1NC(=O)OC(C)c1ccccc1Cl. The molecule has 1 unspecified atom stereocenters. The molecule has 0 aliphatic carbocycles. The minimum absolute atomic E-state index is 0.111. The largest absolute Gasteiger partial charge is 0.441 e. The van der Waals surface area contributed by atoms with E-state index in [1.807, 2.05) is 6.07 Å². The van der Waals surface area contributed by atoms with Crippen LogP contribution in [0.2, 0.25) is 5.02 Å². The molecule has 0 radical (unpaired) electrons. The number of morpholine rings is 1. The summed E-state index contributed by atoms with van der Waals surface area (Å²) < 4.78 is 43.0. The van der Waals surface area contributed by atoms with Crippen molar-refractivity contribution in [3.05, 3.63) is 70.4 Å². The van der Waals surface area contributed by atoms with Crippen LogP contribution >= 0.6 is 11.6 Å². The fourth-order valence-corrected chi connectivity index (χ4v) is 5.54. The Hall–Kier alpha value is -2.92. The number of sulfonamides is 1. The topological polar surface area (TPSA) is 111 Å². The third-order valence-corrected chi connectivity index (χ3v) is 7.84. The van der Waals surface area contributed by atoms with Gasteiger partial charge in [0.15, 0.2) is 5.76 Å². The minimum atomic E-state index is -3.44. The molecule has 0 bridgehead atoms. The summed E-state index contributed by atoms with van der Waals surface area (Å²) in [5, 5.41) is 7.16. The molecule has 1 aliphatic heterocycles. The van der Waals surface area contributed by atoms with Crippen LogP contribution in [-0.2, 0) is 25.2 Å². The number of carbonyl (C=O) groups excluding carboxylic acids is 1. The van der Waals surface area contributed by atoms with E-state index in [9.17, 15) is 13.2 Å². The van der Waals surface area contributed by atoms with Crippen molar-refractivity contribution in [1.29, 1.82) is 0 Å². The van der Waals surface area contributed by atoms with Crippen LogP contribution in [0.25, 0.3) is 11.3 Å². The highest BCUT2D eigenvalue weighted by Crippen LogP contribution is 2.32. The molecule has 1 N–H and O–H groups in total. The summed E-state index contributed by atoms with van der Waals surface area (Å²) in [6.45, 7) is 4.95. The van der Waals surface area contributed by atoms with E-state index in [4.69, 9.17) is 25.6 Å². The second-order valence-corrected chi connectivity index (χ2v) is 10.5. The van der Waals surface area contributed by atoms with Crippen LogP contribution in [0, 0.1) is 6.92 Å². The Morgan fingerprint density at radius 1 is 1.17 bits per heavy atom. The average molecular weight is 520 g/mol. The van der Waals surface area contributed by atoms with Crippen molar-refractivity contribution in [3.63, 3.8) is 0 Å². The Morgan fingerprint density at radius 2 is 1.86 bits per heavy atom. The molecule has 1 saturated heterocycles. The van der Waals surface area contributed by atoms with Gasteiger partial charge in [0.2, 0.25) is 10.0 Å². The Balaban J connectivity index is 1.45. The number of amides is 1. The smallest absolute Gasteiger partial charge is 0.412 e. The maximum absolute atomic E-state index is 12.7. The van der Waals surface area contributed by atoms with Gasteiger partial charge in [0.1, 0.15) is 17.5 Å². The quantitative estimate of drug-likeness (QED) is 0.478. The summed E-state index contributed by atoms with van der Waals surface area (Å²) in [5.41, 5.74) is 2.80. The van der Waals surface area contributed by atoms with E-state index in [2.05, 4.69) is 10.5 Å². The standard InChI is InChI=1S/C24H26ClN3O6S/c1-16-22(26-24(29)33-17(2)20-5-3-4-6-21(20)25)23(34-27-16)19-9-7-18(8-10-19)15-35(30,31)28-11-13-32-14-12-28/h3-10,17H,11-15H2,1-2H3,(H,26,29). The number of hydrogen-bond acceptors (Lipinski definition) is 7. The van der Waals surface area contributed by atoms with Gasteiger partial charge in [-0.15, -0.1) is 0 Å². The van der Waals surface area contributed by atoms with Gasteiger partial charge in [-0.3, -0.25) is 5.32 Å². The number of nitrogens with zero attached hydrogens (tertiary/aromatic N) is 2. The monoisotopic (exact) mass is 519 g/mol. The van der Waals surface area contributed by atoms with Crippen LogP contribution < -0.4 is 5.32 Å². The molecule has 0 saturated carbocycles. The van der Waals surface area contributed by atoms with Crippen LogP contribution in [0.15, 0.2) is 53.1 Å². The molecule has 35 heavy (non-hydrogen) atoms. The lowest BCUT2D eigenvalue weighted by atomic mass is 10.1. The molecular formula is C24H26ClN3O6S. The number of aryl methyl sites for hydroxylation is 1. The Kier molecular flexibility index (Phi) is 7.75. The number of aromatic nitrogens is 1. The van der Waals surface area contributed by atoms with E-state index in [-0.39, 0.29) is 5.75 Å². The van der Waals surface area contributed by atoms with Gasteiger partial charge < -0.3 is 14.0 Å². The molecule has 1 atom stereocenters. The van der Waals surface area contributed by atoms with Gasteiger partial charge in [-0.1, -0.05) is 59.2 Å². The minimum Gasteiger partial charge on any atom is -0.441 e. The highest BCUT2D eigenvalue weighted by atomic mass is 35.5. The number of rotatable bonds is 7. The average Bonchev–Trinajstić information content (AvgIpc) is 3.20. The van der Waals surface area contributed by atoms with Crippen molar-refractivity contribution in [3.8, 4) is 11.3 Å². The van der Waals surface area contributed by atoms with Crippen molar-refractivity contribution < 1.29 is 27.2 Å². The third-order valence-electron chi connectivity index (χ3n) is 5.65. The van der Waals surface area contributed by atoms with Crippen LogP contribution in [-0.4, -0.2) is 50.3 Å².